The number of alkyl carbamates (subject to hydrolysis) is 2. The van der Waals surface area contributed by atoms with Gasteiger partial charge in [0.2, 0.25) is 0 Å². The van der Waals surface area contributed by atoms with Crippen molar-refractivity contribution >= 4 is 18.2 Å². The van der Waals surface area contributed by atoms with E-state index in [-0.39, 0.29) is 6.61 Å². The summed E-state index contributed by atoms with van der Waals surface area (Å²) in [4.78, 5) is 33.6. The fourth-order valence-corrected chi connectivity index (χ4v) is 1.43. The van der Waals surface area contributed by atoms with Gasteiger partial charge in [0, 0.05) is 6.54 Å². The zero-order chi connectivity index (χ0) is 15.4. The summed E-state index contributed by atoms with van der Waals surface area (Å²) in [5.41, 5.74) is 0. The number of carbonyl (C=O) groups is 3. The summed E-state index contributed by atoms with van der Waals surface area (Å²) in [6.07, 6.45) is 0.484. The van der Waals surface area contributed by atoms with E-state index < -0.39 is 24.2 Å². The fourth-order valence-electron chi connectivity index (χ4n) is 1.43. The smallest absolute Gasteiger partial charge is 0.407 e. The summed E-state index contributed by atoms with van der Waals surface area (Å²) in [6.45, 7) is 2.36. The number of amides is 2. The average Bonchev–Trinajstić information content (AvgIpc) is 2.45. The Kier molecular flexibility index (Phi) is 9.81. The van der Waals surface area contributed by atoms with Crippen molar-refractivity contribution in [2.24, 2.45) is 0 Å². The number of ether oxygens (including phenoxy) is 3. The summed E-state index contributed by atoms with van der Waals surface area (Å²) in [5, 5.41) is 4.94. The van der Waals surface area contributed by atoms with Crippen LogP contribution in [0.2, 0.25) is 0 Å². The largest absolute Gasteiger partial charge is 0.464 e. The maximum absolute atomic E-state index is 11.6. The second kappa shape index (κ2) is 10.9. The molecule has 1 atom stereocenters. The molecule has 0 saturated carbocycles. The highest BCUT2D eigenvalue weighted by atomic mass is 16.5. The van der Waals surface area contributed by atoms with Crippen molar-refractivity contribution in [3.63, 3.8) is 0 Å². The lowest BCUT2D eigenvalue weighted by atomic mass is 10.1. The Balaban J connectivity index is 4.06. The summed E-state index contributed by atoms with van der Waals surface area (Å²) >= 11 is 0. The molecule has 2 amide bonds. The summed E-state index contributed by atoms with van der Waals surface area (Å²) < 4.78 is 13.7. The molecule has 2 N–H and O–H groups in total. The van der Waals surface area contributed by atoms with Crippen molar-refractivity contribution in [2.45, 2.75) is 32.2 Å². The van der Waals surface area contributed by atoms with E-state index in [1.54, 1.807) is 6.92 Å². The third kappa shape index (κ3) is 8.17. The zero-order valence-corrected chi connectivity index (χ0v) is 12.1. The molecule has 0 aliphatic rings. The number of unbranched alkanes of at least 4 members (excludes halogenated alkanes) is 1. The summed E-state index contributed by atoms with van der Waals surface area (Å²) in [5.74, 6) is -0.501. The lowest BCUT2D eigenvalue weighted by Crippen LogP contribution is -2.41. The monoisotopic (exact) mass is 290 g/mol. The molecule has 0 rings (SSSR count). The van der Waals surface area contributed by atoms with E-state index in [9.17, 15) is 14.4 Å². The minimum Gasteiger partial charge on any atom is -0.464 e. The van der Waals surface area contributed by atoms with Crippen LogP contribution in [0.3, 0.4) is 0 Å². The highest BCUT2D eigenvalue weighted by molar-refractivity contribution is 5.81. The summed E-state index contributed by atoms with van der Waals surface area (Å²) in [6, 6.07) is -0.750. The Bertz CT molecular complexity index is 321. The third-order valence-electron chi connectivity index (χ3n) is 2.42. The lowest BCUT2D eigenvalue weighted by molar-refractivity contribution is -0.145. The third-order valence-corrected chi connectivity index (χ3v) is 2.42. The van der Waals surface area contributed by atoms with Crippen molar-refractivity contribution in [1.82, 2.24) is 10.6 Å². The van der Waals surface area contributed by atoms with Gasteiger partial charge in [0.05, 0.1) is 20.8 Å². The van der Waals surface area contributed by atoms with Crippen LogP contribution in [0.25, 0.3) is 0 Å². The quantitative estimate of drug-likeness (QED) is 0.389. The van der Waals surface area contributed by atoms with Crippen LogP contribution in [0.1, 0.15) is 26.2 Å². The van der Waals surface area contributed by atoms with E-state index in [2.05, 4.69) is 20.1 Å². The van der Waals surface area contributed by atoms with Gasteiger partial charge in [-0.3, -0.25) is 0 Å². The number of nitrogens with one attached hydrogen (secondary N) is 2. The van der Waals surface area contributed by atoms with Gasteiger partial charge in [-0.1, -0.05) is 0 Å². The lowest BCUT2D eigenvalue weighted by Gasteiger charge is -2.16. The van der Waals surface area contributed by atoms with Crippen molar-refractivity contribution in [3.05, 3.63) is 0 Å². The van der Waals surface area contributed by atoms with E-state index in [0.717, 1.165) is 0 Å². The van der Waals surface area contributed by atoms with Gasteiger partial charge in [-0.05, 0) is 26.2 Å². The molecular weight excluding hydrogens is 268 g/mol. The molecule has 0 fully saturated rings. The zero-order valence-electron chi connectivity index (χ0n) is 12.1. The normalized spacial score (nSPS) is 11.2. The minimum absolute atomic E-state index is 0.238. The van der Waals surface area contributed by atoms with Gasteiger partial charge in [-0.25, -0.2) is 14.4 Å². The molecule has 116 valence electrons. The molecular formula is C12H22N2O6. The maximum atomic E-state index is 11.6. The van der Waals surface area contributed by atoms with Gasteiger partial charge in [0.1, 0.15) is 6.04 Å². The second-order valence-corrected chi connectivity index (χ2v) is 3.85. The van der Waals surface area contributed by atoms with E-state index in [1.807, 2.05) is 0 Å². The summed E-state index contributed by atoms with van der Waals surface area (Å²) in [7, 11) is 2.50. The first-order valence-electron chi connectivity index (χ1n) is 6.38. The Labute approximate surface area is 118 Å². The van der Waals surface area contributed by atoms with Gasteiger partial charge in [-0.2, -0.15) is 0 Å². The number of rotatable bonds is 8. The van der Waals surface area contributed by atoms with Gasteiger partial charge in [0.25, 0.3) is 0 Å². The average molecular weight is 290 g/mol. The molecule has 0 bridgehead atoms. The van der Waals surface area contributed by atoms with Crippen LogP contribution in [0.15, 0.2) is 0 Å². The molecule has 0 aromatic heterocycles. The van der Waals surface area contributed by atoms with E-state index in [0.29, 0.717) is 25.8 Å². The molecule has 1 unspecified atom stereocenters. The van der Waals surface area contributed by atoms with E-state index in [1.165, 1.54) is 14.2 Å². The van der Waals surface area contributed by atoms with Crippen molar-refractivity contribution < 1.29 is 28.6 Å². The molecule has 0 spiro atoms. The molecule has 0 aromatic carbocycles. The molecule has 0 saturated heterocycles. The number of carbonyl (C=O) groups excluding carboxylic acids is 3. The molecule has 0 aliphatic heterocycles. The van der Waals surface area contributed by atoms with Crippen LogP contribution >= 0.6 is 0 Å². The first-order chi connectivity index (χ1) is 9.54. The van der Waals surface area contributed by atoms with Crippen LogP contribution in [0.5, 0.6) is 0 Å². The van der Waals surface area contributed by atoms with Gasteiger partial charge in [-0.15, -0.1) is 0 Å². The molecule has 20 heavy (non-hydrogen) atoms. The van der Waals surface area contributed by atoms with Crippen molar-refractivity contribution in [1.29, 1.82) is 0 Å². The van der Waals surface area contributed by atoms with Crippen LogP contribution in [-0.2, 0) is 19.0 Å². The number of methoxy groups -OCH3 is 2. The standard InChI is InChI=1S/C12H22N2O6/c1-4-20-10(15)9(14-12(17)19-3)7-5-6-8-13-11(16)18-2/h9H,4-8H2,1-3H3,(H,13,16)(H,14,17). The van der Waals surface area contributed by atoms with E-state index in [4.69, 9.17) is 4.74 Å². The predicted molar refractivity (Wildman–Crippen MR) is 70.2 cm³/mol. The Morgan fingerprint density at radius 1 is 1.05 bits per heavy atom. The van der Waals surface area contributed by atoms with Gasteiger partial charge < -0.3 is 24.8 Å². The van der Waals surface area contributed by atoms with Gasteiger partial charge >= 0.3 is 18.2 Å². The Morgan fingerprint density at radius 2 is 1.70 bits per heavy atom. The first-order valence-corrected chi connectivity index (χ1v) is 6.38. The van der Waals surface area contributed by atoms with E-state index >= 15 is 0 Å². The molecule has 8 nitrogen and oxygen atoms in total. The molecule has 0 aromatic rings. The molecule has 0 radical (unpaired) electrons. The topological polar surface area (TPSA) is 103 Å². The van der Waals surface area contributed by atoms with Crippen LogP contribution < -0.4 is 10.6 Å². The maximum Gasteiger partial charge on any atom is 0.407 e. The Hall–Kier alpha value is -1.99. The number of hydrogen-bond acceptors (Lipinski definition) is 6. The van der Waals surface area contributed by atoms with Crippen LogP contribution in [0.4, 0.5) is 9.59 Å². The van der Waals surface area contributed by atoms with Crippen LogP contribution in [-0.4, -0.2) is 51.6 Å². The molecule has 0 heterocycles. The first kappa shape index (κ1) is 18.0. The van der Waals surface area contributed by atoms with Crippen molar-refractivity contribution in [3.8, 4) is 0 Å². The highest BCUT2D eigenvalue weighted by Crippen LogP contribution is 2.03. The van der Waals surface area contributed by atoms with Crippen molar-refractivity contribution in [2.75, 3.05) is 27.4 Å². The van der Waals surface area contributed by atoms with Crippen LogP contribution in [0, 0.1) is 0 Å². The fraction of sp³-hybridized carbons (Fsp3) is 0.750. The SMILES string of the molecule is CCOC(=O)C(CCCCNC(=O)OC)NC(=O)OC. The Morgan fingerprint density at radius 3 is 2.25 bits per heavy atom. The number of esters is 1. The molecule has 0 aliphatic carbocycles. The minimum atomic E-state index is -0.750. The highest BCUT2D eigenvalue weighted by Gasteiger charge is 2.21. The molecule has 8 heteroatoms. The second-order valence-electron chi connectivity index (χ2n) is 3.85. The number of hydrogen-bond donors (Lipinski definition) is 2. The predicted octanol–water partition coefficient (Wildman–Crippen LogP) is 0.800. The van der Waals surface area contributed by atoms with Gasteiger partial charge in [0.15, 0.2) is 0 Å².